The predicted molar refractivity (Wildman–Crippen MR) is 96.4 cm³/mol. The summed E-state index contributed by atoms with van der Waals surface area (Å²) in [5, 5.41) is 9.94. The van der Waals surface area contributed by atoms with Crippen LogP contribution >= 0.6 is 11.6 Å². The molecule has 3 aromatic rings. The summed E-state index contributed by atoms with van der Waals surface area (Å²) in [6.07, 6.45) is 4.63. The molecule has 0 bridgehead atoms. The summed E-state index contributed by atoms with van der Waals surface area (Å²) < 4.78 is 15.7. The van der Waals surface area contributed by atoms with Gasteiger partial charge in [0.2, 0.25) is 5.95 Å². The van der Waals surface area contributed by atoms with Gasteiger partial charge < -0.3 is 16.4 Å². The fourth-order valence-electron chi connectivity index (χ4n) is 2.18. The third-order valence-corrected chi connectivity index (χ3v) is 3.79. The van der Waals surface area contributed by atoms with Crippen molar-refractivity contribution in [1.29, 1.82) is 0 Å². The second-order valence-electron chi connectivity index (χ2n) is 5.25. The Morgan fingerprint density at radius 1 is 1.35 bits per heavy atom. The molecule has 2 heterocycles. The van der Waals surface area contributed by atoms with Crippen molar-refractivity contribution in [2.75, 3.05) is 10.6 Å². The van der Waals surface area contributed by atoms with Crippen LogP contribution < -0.4 is 16.4 Å². The van der Waals surface area contributed by atoms with Gasteiger partial charge in [-0.15, -0.1) is 0 Å². The number of nitrogens with one attached hydrogen (secondary N) is 2. The minimum absolute atomic E-state index is 0.000812. The number of carbonyl (C=O) groups is 1. The Morgan fingerprint density at radius 2 is 2.15 bits per heavy atom. The summed E-state index contributed by atoms with van der Waals surface area (Å²) in [5.41, 5.74) is 6.00. The maximum absolute atomic E-state index is 14.0. The van der Waals surface area contributed by atoms with Crippen molar-refractivity contribution in [3.63, 3.8) is 0 Å². The van der Waals surface area contributed by atoms with E-state index in [-0.39, 0.29) is 28.0 Å². The second-order valence-corrected chi connectivity index (χ2v) is 5.66. The number of halogens is 2. The molecule has 8 nitrogen and oxygen atoms in total. The average Bonchev–Trinajstić information content (AvgIpc) is 3.06. The van der Waals surface area contributed by atoms with Crippen LogP contribution in [0.4, 0.5) is 27.5 Å². The number of nitrogens with two attached hydrogens (primary N) is 1. The normalized spacial score (nSPS) is 10.6. The van der Waals surface area contributed by atoms with Crippen molar-refractivity contribution in [3.05, 3.63) is 53.2 Å². The van der Waals surface area contributed by atoms with E-state index in [4.69, 9.17) is 17.3 Å². The molecule has 0 spiro atoms. The molecule has 3 rings (SSSR count). The van der Waals surface area contributed by atoms with E-state index in [0.717, 1.165) is 0 Å². The van der Waals surface area contributed by atoms with Crippen LogP contribution in [0.5, 0.6) is 0 Å². The Morgan fingerprint density at radius 3 is 2.81 bits per heavy atom. The van der Waals surface area contributed by atoms with Gasteiger partial charge in [0.05, 0.1) is 22.6 Å². The van der Waals surface area contributed by atoms with Crippen LogP contribution in [-0.2, 0) is 6.54 Å². The number of anilines is 4. The lowest BCUT2D eigenvalue weighted by Gasteiger charge is -2.12. The molecule has 4 N–H and O–H groups in total. The predicted octanol–water partition coefficient (Wildman–Crippen LogP) is 3.07. The number of benzene rings is 1. The van der Waals surface area contributed by atoms with Crippen LogP contribution in [0, 0.1) is 5.82 Å². The SMILES string of the molecule is CCn1cc(Nc2ncc(C(N)=O)c(Nc3c(F)cccc3Cl)n2)cn1. The van der Waals surface area contributed by atoms with Crippen LogP contribution in [0.1, 0.15) is 17.3 Å². The maximum atomic E-state index is 14.0. The van der Waals surface area contributed by atoms with Gasteiger partial charge in [0, 0.05) is 18.9 Å². The number of rotatable bonds is 6. The van der Waals surface area contributed by atoms with Gasteiger partial charge in [0.25, 0.3) is 5.91 Å². The summed E-state index contributed by atoms with van der Waals surface area (Å²) in [4.78, 5) is 19.9. The zero-order valence-electron chi connectivity index (χ0n) is 13.7. The molecule has 0 unspecified atom stereocenters. The Hall–Kier alpha value is -3.20. The molecule has 0 radical (unpaired) electrons. The summed E-state index contributed by atoms with van der Waals surface area (Å²) in [6, 6.07) is 4.21. The smallest absolute Gasteiger partial charge is 0.254 e. The first-order valence-electron chi connectivity index (χ1n) is 7.65. The van der Waals surface area contributed by atoms with Crippen molar-refractivity contribution in [1.82, 2.24) is 19.7 Å². The van der Waals surface area contributed by atoms with Gasteiger partial charge in [-0.05, 0) is 19.1 Å². The van der Waals surface area contributed by atoms with E-state index < -0.39 is 11.7 Å². The number of amides is 1. The minimum Gasteiger partial charge on any atom is -0.365 e. The quantitative estimate of drug-likeness (QED) is 0.610. The van der Waals surface area contributed by atoms with Gasteiger partial charge in [-0.1, -0.05) is 17.7 Å². The first-order valence-corrected chi connectivity index (χ1v) is 8.03. The Labute approximate surface area is 153 Å². The monoisotopic (exact) mass is 375 g/mol. The molecular weight excluding hydrogens is 361 g/mol. The molecule has 0 atom stereocenters. The molecule has 1 aromatic carbocycles. The lowest BCUT2D eigenvalue weighted by Crippen LogP contribution is -2.16. The fourth-order valence-corrected chi connectivity index (χ4v) is 2.39. The molecule has 0 fully saturated rings. The van der Waals surface area contributed by atoms with E-state index in [1.165, 1.54) is 24.4 Å². The van der Waals surface area contributed by atoms with Gasteiger partial charge >= 0.3 is 0 Å². The van der Waals surface area contributed by atoms with Gasteiger partial charge in [-0.2, -0.15) is 10.1 Å². The number of aryl methyl sites for hydroxylation is 1. The third-order valence-electron chi connectivity index (χ3n) is 3.47. The summed E-state index contributed by atoms with van der Waals surface area (Å²) >= 11 is 6.01. The highest BCUT2D eigenvalue weighted by atomic mass is 35.5. The minimum atomic E-state index is -0.759. The zero-order valence-corrected chi connectivity index (χ0v) is 14.5. The summed E-state index contributed by atoms with van der Waals surface area (Å²) in [6.45, 7) is 2.66. The van der Waals surface area contributed by atoms with Gasteiger partial charge in [-0.3, -0.25) is 9.48 Å². The number of hydrogen-bond donors (Lipinski definition) is 3. The van der Waals surface area contributed by atoms with Crippen LogP contribution in [0.25, 0.3) is 0 Å². The second kappa shape index (κ2) is 7.36. The number of carbonyl (C=O) groups excluding carboxylic acids is 1. The third kappa shape index (κ3) is 3.72. The molecular formula is C16H15ClFN7O. The highest BCUT2D eigenvalue weighted by Crippen LogP contribution is 2.29. The zero-order chi connectivity index (χ0) is 18.7. The Kier molecular flexibility index (Phi) is 4.99. The molecule has 10 heteroatoms. The summed E-state index contributed by atoms with van der Waals surface area (Å²) in [7, 11) is 0. The van der Waals surface area contributed by atoms with E-state index in [9.17, 15) is 9.18 Å². The van der Waals surface area contributed by atoms with E-state index in [2.05, 4.69) is 25.7 Å². The van der Waals surface area contributed by atoms with Crippen LogP contribution in [0.3, 0.4) is 0 Å². The van der Waals surface area contributed by atoms with E-state index in [1.807, 2.05) is 6.92 Å². The standard InChI is InChI=1S/C16H15ClFN7O/c1-2-25-8-9(6-21-25)22-16-20-7-10(14(19)26)15(24-16)23-13-11(17)4-3-5-12(13)18/h3-8H,2H2,1H3,(H2,19,26)(H2,20,22,23,24). The van der Waals surface area contributed by atoms with E-state index in [0.29, 0.717) is 12.2 Å². The highest BCUT2D eigenvalue weighted by Gasteiger charge is 2.16. The molecule has 0 aliphatic heterocycles. The lowest BCUT2D eigenvalue weighted by molar-refractivity contribution is 0.100. The molecule has 2 aromatic heterocycles. The van der Waals surface area contributed by atoms with Crippen molar-refractivity contribution < 1.29 is 9.18 Å². The largest absolute Gasteiger partial charge is 0.365 e. The molecule has 0 saturated heterocycles. The molecule has 1 amide bonds. The van der Waals surface area contributed by atoms with Crippen LogP contribution in [-0.4, -0.2) is 25.7 Å². The van der Waals surface area contributed by atoms with Crippen LogP contribution in [0.15, 0.2) is 36.8 Å². The molecule has 26 heavy (non-hydrogen) atoms. The molecule has 0 saturated carbocycles. The number of para-hydroxylation sites is 1. The number of aromatic nitrogens is 4. The van der Waals surface area contributed by atoms with Crippen molar-refractivity contribution >= 4 is 40.6 Å². The first kappa shape index (κ1) is 17.6. The lowest BCUT2D eigenvalue weighted by atomic mass is 10.2. The van der Waals surface area contributed by atoms with Crippen LogP contribution in [0.2, 0.25) is 5.02 Å². The first-order chi connectivity index (χ1) is 12.5. The Bertz CT molecular complexity index is 939. The molecule has 0 aliphatic carbocycles. The topological polar surface area (TPSA) is 111 Å². The number of nitrogens with zero attached hydrogens (tertiary/aromatic N) is 4. The number of primary amides is 1. The van der Waals surface area contributed by atoms with Crippen molar-refractivity contribution in [3.8, 4) is 0 Å². The summed E-state index contributed by atoms with van der Waals surface area (Å²) in [5.74, 6) is -1.14. The maximum Gasteiger partial charge on any atom is 0.254 e. The molecule has 134 valence electrons. The van der Waals surface area contributed by atoms with Gasteiger partial charge in [-0.25, -0.2) is 9.37 Å². The highest BCUT2D eigenvalue weighted by molar-refractivity contribution is 6.33. The van der Waals surface area contributed by atoms with Gasteiger partial charge in [0.1, 0.15) is 17.2 Å². The average molecular weight is 376 g/mol. The fraction of sp³-hybridized carbons (Fsp3) is 0.125. The number of hydrogen-bond acceptors (Lipinski definition) is 6. The van der Waals surface area contributed by atoms with Gasteiger partial charge in [0.15, 0.2) is 0 Å². The van der Waals surface area contributed by atoms with Crippen molar-refractivity contribution in [2.24, 2.45) is 5.73 Å². The Balaban J connectivity index is 1.95. The van der Waals surface area contributed by atoms with E-state index in [1.54, 1.807) is 17.1 Å². The molecule has 0 aliphatic rings. The van der Waals surface area contributed by atoms with E-state index >= 15 is 0 Å². The van der Waals surface area contributed by atoms with Crippen molar-refractivity contribution in [2.45, 2.75) is 13.5 Å².